The summed E-state index contributed by atoms with van der Waals surface area (Å²) in [5.74, 6) is 2.67. The lowest BCUT2D eigenvalue weighted by Crippen LogP contribution is -2.38. The summed E-state index contributed by atoms with van der Waals surface area (Å²) < 4.78 is 5.77. The van der Waals surface area contributed by atoms with Crippen LogP contribution in [-0.4, -0.2) is 53.0 Å². The van der Waals surface area contributed by atoms with Crippen LogP contribution in [0.1, 0.15) is 56.2 Å². The Hall–Kier alpha value is -2.41. The van der Waals surface area contributed by atoms with Crippen molar-refractivity contribution in [2.75, 3.05) is 31.1 Å². The summed E-state index contributed by atoms with van der Waals surface area (Å²) in [6.45, 7) is 10.2. The molecule has 2 atom stereocenters. The molecule has 7 nitrogen and oxygen atoms in total. The average Bonchev–Trinajstić information content (AvgIpc) is 3.35. The molecule has 7 heteroatoms. The zero-order valence-electron chi connectivity index (χ0n) is 18.3. The zero-order valence-corrected chi connectivity index (χ0v) is 18.3. The minimum atomic E-state index is -0.132. The van der Waals surface area contributed by atoms with E-state index in [-0.39, 0.29) is 23.8 Å². The highest BCUT2D eigenvalue weighted by atomic mass is 16.3. The standard InChI is InChI=1S/C23H33N5O2/c1-16(2)25-22(29)20-15-27(13-18-8-7-17(3)30-18)14-19(20)21-9-10-24-23(26-21)28-11-5-4-6-12-28/h7-10,16,19-20H,4-6,11-15H2,1-3H3,(H,25,29)/t19-,20-/m1/s1. The van der Waals surface area contributed by atoms with Gasteiger partial charge in [0.1, 0.15) is 11.5 Å². The minimum Gasteiger partial charge on any atom is -0.465 e. The van der Waals surface area contributed by atoms with E-state index in [1.54, 1.807) is 0 Å². The third kappa shape index (κ3) is 4.83. The molecule has 162 valence electrons. The number of likely N-dealkylation sites (tertiary alicyclic amines) is 1. The van der Waals surface area contributed by atoms with Crippen LogP contribution in [0, 0.1) is 12.8 Å². The van der Waals surface area contributed by atoms with Crippen molar-refractivity contribution < 1.29 is 9.21 Å². The molecule has 2 aromatic heterocycles. The van der Waals surface area contributed by atoms with Crippen LogP contribution in [0.5, 0.6) is 0 Å². The molecule has 0 aliphatic carbocycles. The Balaban J connectivity index is 1.55. The van der Waals surface area contributed by atoms with Gasteiger partial charge in [0.2, 0.25) is 11.9 Å². The van der Waals surface area contributed by atoms with Gasteiger partial charge >= 0.3 is 0 Å². The molecule has 0 aromatic carbocycles. The molecule has 2 aromatic rings. The van der Waals surface area contributed by atoms with Gasteiger partial charge in [-0.2, -0.15) is 0 Å². The van der Waals surface area contributed by atoms with Crippen LogP contribution in [0.25, 0.3) is 0 Å². The van der Waals surface area contributed by atoms with E-state index >= 15 is 0 Å². The van der Waals surface area contributed by atoms with Crippen LogP contribution in [0.3, 0.4) is 0 Å². The molecule has 1 amide bonds. The number of nitrogens with zero attached hydrogens (tertiary/aromatic N) is 4. The van der Waals surface area contributed by atoms with Gasteiger partial charge in [-0.05, 0) is 58.2 Å². The molecule has 0 radical (unpaired) electrons. The number of aromatic nitrogens is 2. The highest BCUT2D eigenvalue weighted by Crippen LogP contribution is 2.34. The second-order valence-electron chi connectivity index (χ2n) is 8.91. The summed E-state index contributed by atoms with van der Waals surface area (Å²) in [5.41, 5.74) is 0.965. The number of aryl methyl sites for hydroxylation is 1. The van der Waals surface area contributed by atoms with Gasteiger partial charge in [0.25, 0.3) is 0 Å². The van der Waals surface area contributed by atoms with E-state index in [0.717, 1.165) is 42.8 Å². The lowest BCUT2D eigenvalue weighted by Gasteiger charge is -2.27. The van der Waals surface area contributed by atoms with Gasteiger partial charge < -0.3 is 14.6 Å². The fourth-order valence-corrected chi connectivity index (χ4v) is 4.58. The van der Waals surface area contributed by atoms with E-state index in [1.807, 2.05) is 45.2 Å². The number of carbonyl (C=O) groups is 1. The van der Waals surface area contributed by atoms with Crippen LogP contribution >= 0.6 is 0 Å². The molecular formula is C23H33N5O2. The monoisotopic (exact) mass is 411 g/mol. The van der Waals surface area contributed by atoms with Gasteiger partial charge in [0, 0.05) is 44.3 Å². The molecule has 0 spiro atoms. The summed E-state index contributed by atoms with van der Waals surface area (Å²) in [4.78, 5) is 27.0. The normalized spacial score (nSPS) is 22.6. The van der Waals surface area contributed by atoms with Gasteiger partial charge in [-0.1, -0.05) is 0 Å². The lowest BCUT2D eigenvalue weighted by atomic mass is 9.91. The molecule has 2 aliphatic heterocycles. The quantitative estimate of drug-likeness (QED) is 0.787. The molecule has 2 saturated heterocycles. The first-order chi connectivity index (χ1) is 14.5. The first-order valence-corrected chi connectivity index (χ1v) is 11.2. The lowest BCUT2D eigenvalue weighted by molar-refractivity contribution is -0.125. The number of carbonyl (C=O) groups excluding carboxylic acids is 1. The van der Waals surface area contributed by atoms with Gasteiger partial charge in [-0.15, -0.1) is 0 Å². The molecule has 0 bridgehead atoms. The van der Waals surface area contributed by atoms with Crippen LogP contribution in [0.4, 0.5) is 5.95 Å². The van der Waals surface area contributed by atoms with Crippen LogP contribution in [0.15, 0.2) is 28.8 Å². The molecule has 4 heterocycles. The van der Waals surface area contributed by atoms with Crippen molar-refractivity contribution in [2.24, 2.45) is 5.92 Å². The van der Waals surface area contributed by atoms with E-state index in [2.05, 4.69) is 20.1 Å². The topological polar surface area (TPSA) is 74.5 Å². The zero-order chi connectivity index (χ0) is 21.1. The van der Waals surface area contributed by atoms with Crippen molar-refractivity contribution >= 4 is 11.9 Å². The van der Waals surface area contributed by atoms with Gasteiger partial charge in [0.15, 0.2) is 0 Å². The van der Waals surface area contributed by atoms with Crippen molar-refractivity contribution in [3.63, 3.8) is 0 Å². The molecule has 1 N–H and O–H groups in total. The molecule has 2 aliphatic rings. The van der Waals surface area contributed by atoms with E-state index in [0.29, 0.717) is 13.1 Å². The number of hydrogen-bond acceptors (Lipinski definition) is 6. The highest BCUT2D eigenvalue weighted by Gasteiger charge is 2.40. The second kappa shape index (κ2) is 9.16. The Labute approximate surface area is 178 Å². The number of anilines is 1. The van der Waals surface area contributed by atoms with Crippen molar-refractivity contribution in [1.82, 2.24) is 20.2 Å². The number of amides is 1. The van der Waals surface area contributed by atoms with Crippen molar-refractivity contribution in [2.45, 2.75) is 58.5 Å². The maximum Gasteiger partial charge on any atom is 0.225 e. The summed E-state index contributed by atoms with van der Waals surface area (Å²) >= 11 is 0. The number of furan rings is 1. The maximum absolute atomic E-state index is 13.0. The predicted molar refractivity (Wildman–Crippen MR) is 116 cm³/mol. The highest BCUT2D eigenvalue weighted by molar-refractivity contribution is 5.80. The van der Waals surface area contributed by atoms with Gasteiger partial charge in [-0.3, -0.25) is 9.69 Å². The summed E-state index contributed by atoms with van der Waals surface area (Å²) in [7, 11) is 0. The molecule has 0 unspecified atom stereocenters. The Morgan fingerprint density at radius 1 is 1.20 bits per heavy atom. The van der Waals surface area contributed by atoms with Crippen molar-refractivity contribution in [1.29, 1.82) is 0 Å². The number of hydrogen-bond donors (Lipinski definition) is 1. The molecule has 30 heavy (non-hydrogen) atoms. The fraction of sp³-hybridized carbons (Fsp3) is 0.609. The van der Waals surface area contributed by atoms with E-state index in [9.17, 15) is 4.79 Å². The largest absolute Gasteiger partial charge is 0.465 e. The first-order valence-electron chi connectivity index (χ1n) is 11.2. The van der Waals surface area contributed by atoms with Gasteiger partial charge in [0.05, 0.1) is 18.2 Å². The predicted octanol–water partition coefficient (Wildman–Crippen LogP) is 3.11. The molecule has 4 rings (SSSR count). The summed E-state index contributed by atoms with van der Waals surface area (Å²) in [5, 5.41) is 3.11. The Bertz CT molecular complexity index is 859. The smallest absolute Gasteiger partial charge is 0.225 e. The average molecular weight is 412 g/mol. The van der Waals surface area contributed by atoms with Gasteiger partial charge in [-0.25, -0.2) is 9.97 Å². The summed E-state index contributed by atoms with van der Waals surface area (Å²) in [6.07, 6.45) is 5.50. The Morgan fingerprint density at radius 3 is 2.70 bits per heavy atom. The van der Waals surface area contributed by atoms with Crippen molar-refractivity contribution in [3.8, 4) is 0 Å². The SMILES string of the molecule is Cc1ccc(CN2C[C@@H](C(=O)NC(C)C)[C@H](c3ccnc(N4CCCCC4)n3)C2)o1. The van der Waals surface area contributed by atoms with E-state index in [4.69, 9.17) is 9.40 Å². The van der Waals surface area contributed by atoms with Crippen LogP contribution in [0.2, 0.25) is 0 Å². The molecule has 2 fully saturated rings. The molecule has 0 saturated carbocycles. The number of rotatable bonds is 6. The van der Waals surface area contributed by atoms with Crippen LogP contribution in [-0.2, 0) is 11.3 Å². The van der Waals surface area contributed by atoms with E-state index in [1.165, 1.54) is 19.3 Å². The fourth-order valence-electron chi connectivity index (χ4n) is 4.58. The Morgan fingerprint density at radius 2 is 2.00 bits per heavy atom. The van der Waals surface area contributed by atoms with E-state index < -0.39 is 0 Å². The first kappa shape index (κ1) is 20.8. The summed E-state index contributed by atoms with van der Waals surface area (Å²) in [6, 6.07) is 6.11. The minimum absolute atomic E-state index is 0.0475. The molecular weight excluding hydrogens is 378 g/mol. The number of piperidine rings is 1. The number of nitrogens with one attached hydrogen (secondary N) is 1. The van der Waals surface area contributed by atoms with Crippen LogP contribution < -0.4 is 10.2 Å². The second-order valence-corrected chi connectivity index (χ2v) is 8.91. The Kier molecular flexibility index (Phi) is 6.37. The maximum atomic E-state index is 13.0. The third-order valence-corrected chi connectivity index (χ3v) is 6.02. The van der Waals surface area contributed by atoms with Crippen molar-refractivity contribution in [3.05, 3.63) is 41.6 Å². The third-order valence-electron chi connectivity index (χ3n) is 6.02.